The van der Waals surface area contributed by atoms with Gasteiger partial charge in [0.2, 0.25) is 0 Å². The molecule has 2 N–H and O–H groups in total. The number of pyridine rings is 1. The number of piperidine rings is 1. The van der Waals surface area contributed by atoms with E-state index in [2.05, 4.69) is 40.8 Å². The summed E-state index contributed by atoms with van der Waals surface area (Å²) in [5.41, 5.74) is 0.720. The number of anilines is 1. The van der Waals surface area contributed by atoms with Crippen LogP contribution in [0.25, 0.3) is 32.9 Å². The van der Waals surface area contributed by atoms with Crippen molar-refractivity contribution in [2.75, 3.05) is 52.3 Å². The average molecular weight is 582 g/mol. The first-order chi connectivity index (χ1) is 19.7. The molecular weight excluding hydrogens is 545 g/mol. The summed E-state index contributed by atoms with van der Waals surface area (Å²) in [5.74, 6) is 0.565. The molecule has 1 saturated heterocycles. The molecule has 0 spiro atoms. The van der Waals surface area contributed by atoms with Crippen LogP contribution in [0.3, 0.4) is 0 Å². The topological polar surface area (TPSA) is 94.8 Å². The van der Waals surface area contributed by atoms with Gasteiger partial charge in [-0.25, -0.2) is 4.39 Å². The van der Waals surface area contributed by atoms with E-state index in [4.69, 9.17) is 26.4 Å². The standard InChI is InChI=1S/C30H33ClFN5O2.CH4O/c1-18-6-5-11-37(15-18)28-22-14-33-26(21-13-20(38)12-19-7-4-8-23(31)24(19)21)25(32)27(22)34-29(35-28)39-17-30(9-10-30)16-36(2)3;1-2/h4,7-8,12-14,18,38H,5-6,9-11,15-17H2,1-3H3;2H,1H3. The van der Waals surface area contributed by atoms with Crippen LogP contribution in [0.1, 0.15) is 32.6 Å². The van der Waals surface area contributed by atoms with Gasteiger partial charge in [-0.15, -0.1) is 0 Å². The van der Waals surface area contributed by atoms with E-state index in [1.54, 1.807) is 24.4 Å². The molecule has 2 aromatic carbocycles. The van der Waals surface area contributed by atoms with E-state index < -0.39 is 5.82 Å². The molecule has 1 atom stereocenters. The van der Waals surface area contributed by atoms with Gasteiger partial charge in [0.1, 0.15) is 22.8 Å². The second kappa shape index (κ2) is 11.9. The van der Waals surface area contributed by atoms with Gasteiger partial charge in [0.15, 0.2) is 5.82 Å². The number of rotatable bonds is 7. The fraction of sp³-hybridized carbons (Fsp3) is 0.452. The number of benzene rings is 2. The predicted molar refractivity (Wildman–Crippen MR) is 161 cm³/mol. The van der Waals surface area contributed by atoms with Crippen molar-refractivity contribution in [3.8, 4) is 23.0 Å². The third-order valence-corrected chi connectivity index (χ3v) is 8.20. The van der Waals surface area contributed by atoms with E-state index in [1.807, 2.05) is 6.07 Å². The highest BCUT2D eigenvalue weighted by Crippen LogP contribution is 2.46. The molecule has 218 valence electrons. The van der Waals surface area contributed by atoms with Crippen molar-refractivity contribution in [2.45, 2.75) is 32.6 Å². The summed E-state index contributed by atoms with van der Waals surface area (Å²) in [6.07, 6.45) is 5.99. The number of halogens is 2. The normalized spacial score (nSPS) is 18.0. The molecule has 2 fully saturated rings. The van der Waals surface area contributed by atoms with Crippen molar-refractivity contribution < 1.29 is 19.3 Å². The molecule has 10 heteroatoms. The van der Waals surface area contributed by atoms with Crippen molar-refractivity contribution in [1.29, 1.82) is 0 Å². The van der Waals surface area contributed by atoms with Gasteiger partial charge in [-0.1, -0.05) is 30.7 Å². The number of hydrogen-bond donors (Lipinski definition) is 2. The summed E-state index contributed by atoms with van der Waals surface area (Å²) in [6.45, 7) is 5.28. The van der Waals surface area contributed by atoms with Crippen LogP contribution in [0.5, 0.6) is 11.8 Å². The molecule has 0 radical (unpaired) electrons. The van der Waals surface area contributed by atoms with E-state index in [1.165, 1.54) is 6.07 Å². The lowest BCUT2D eigenvalue weighted by molar-refractivity contribution is 0.183. The number of phenolic OH excluding ortho intramolecular Hbond substituents is 1. The molecule has 6 rings (SSSR count). The number of hydrogen-bond acceptors (Lipinski definition) is 8. The Labute approximate surface area is 244 Å². The number of aromatic nitrogens is 3. The van der Waals surface area contributed by atoms with Crippen LogP contribution < -0.4 is 9.64 Å². The van der Waals surface area contributed by atoms with E-state index in [0.29, 0.717) is 45.1 Å². The van der Waals surface area contributed by atoms with Crippen LogP contribution in [0.4, 0.5) is 10.2 Å². The minimum Gasteiger partial charge on any atom is -0.508 e. The fourth-order valence-electron chi connectivity index (χ4n) is 5.86. The van der Waals surface area contributed by atoms with Crippen LogP contribution in [0.15, 0.2) is 36.5 Å². The molecule has 0 bridgehead atoms. The number of aromatic hydroxyl groups is 1. The average Bonchev–Trinajstić information content (AvgIpc) is 3.71. The predicted octanol–water partition coefficient (Wildman–Crippen LogP) is 5.91. The first-order valence-electron chi connectivity index (χ1n) is 14.0. The minimum absolute atomic E-state index is 0.00592. The van der Waals surface area contributed by atoms with Crippen LogP contribution in [0, 0.1) is 17.2 Å². The molecule has 1 unspecified atom stereocenters. The van der Waals surface area contributed by atoms with Gasteiger partial charge in [0.05, 0.1) is 12.0 Å². The molecule has 2 aromatic heterocycles. The Bertz CT molecular complexity index is 1560. The zero-order valence-electron chi connectivity index (χ0n) is 24.0. The lowest BCUT2D eigenvalue weighted by atomic mass is 9.99. The van der Waals surface area contributed by atoms with Crippen molar-refractivity contribution in [3.05, 3.63) is 47.4 Å². The molecule has 3 heterocycles. The number of ether oxygens (including phenoxy) is 1. The van der Waals surface area contributed by atoms with Crippen LogP contribution in [-0.4, -0.2) is 77.5 Å². The Morgan fingerprint density at radius 1 is 1.20 bits per heavy atom. The molecule has 4 aromatic rings. The van der Waals surface area contributed by atoms with Crippen molar-refractivity contribution >= 4 is 39.1 Å². The molecule has 1 aliphatic carbocycles. The Morgan fingerprint density at radius 3 is 2.68 bits per heavy atom. The maximum atomic E-state index is 16.5. The van der Waals surface area contributed by atoms with Crippen LogP contribution >= 0.6 is 11.6 Å². The van der Waals surface area contributed by atoms with Gasteiger partial charge in [-0.05, 0) is 69.3 Å². The summed E-state index contributed by atoms with van der Waals surface area (Å²) in [6, 6.07) is 8.65. The molecular formula is C31H37ClFN5O3. The second-order valence-corrected chi connectivity index (χ2v) is 12.0. The highest BCUT2D eigenvalue weighted by Gasteiger charge is 2.44. The Morgan fingerprint density at radius 2 is 1.98 bits per heavy atom. The number of fused-ring (bicyclic) bond motifs is 2. The maximum absolute atomic E-state index is 16.5. The zero-order valence-corrected chi connectivity index (χ0v) is 24.7. The van der Waals surface area contributed by atoms with Crippen molar-refractivity contribution in [1.82, 2.24) is 19.9 Å². The lowest BCUT2D eigenvalue weighted by Crippen LogP contribution is -2.35. The van der Waals surface area contributed by atoms with Gasteiger partial charge in [-0.2, -0.15) is 9.97 Å². The van der Waals surface area contributed by atoms with Gasteiger partial charge in [0.25, 0.3) is 0 Å². The number of aliphatic hydroxyl groups is 1. The maximum Gasteiger partial charge on any atom is 0.319 e. The Kier molecular flexibility index (Phi) is 8.50. The molecule has 2 aliphatic rings. The van der Waals surface area contributed by atoms with Crippen molar-refractivity contribution in [3.63, 3.8) is 0 Å². The fourth-order valence-corrected chi connectivity index (χ4v) is 6.15. The smallest absolute Gasteiger partial charge is 0.319 e. The summed E-state index contributed by atoms with van der Waals surface area (Å²) in [4.78, 5) is 18.3. The second-order valence-electron chi connectivity index (χ2n) is 11.6. The van der Waals surface area contributed by atoms with Crippen molar-refractivity contribution in [2.24, 2.45) is 11.3 Å². The number of aliphatic hydroxyl groups excluding tert-OH is 1. The van der Waals surface area contributed by atoms with Gasteiger partial charge >= 0.3 is 6.01 Å². The molecule has 8 nitrogen and oxygen atoms in total. The molecule has 41 heavy (non-hydrogen) atoms. The number of phenols is 1. The largest absolute Gasteiger partial charge is 0.508 e. The van der Waals surface area contributed by atoms with Crippen LogP contribution in [-0.2, 0) is 0 Å². The third-order valence-electron chi connectivity index (χ3n) is 7.88. The highest BCUT2D eigenvalue weighted by molar-refractivity contribution is 6.36. The highest BCUT2D eigenvalue weighted by atomic mass is 35.5. The van der Waals surface area contributed by atoms with E-state index in [9.17, 15) is 5.11 Å². The molecule has 1 saturated carbocycles. The Balaban J connectivity index is 0.00000165. The summed E-state index contributed by atoms with van der Waals surface area (Å²) in [7, 11) is 5.12. The number of nitrogens with zero attached hydrogens (tertiary/aromatic N) is 5. The summed E-state index contributed by atoms with van der Waals surface area (Å²) in [5, 5.41) is 19.7. The summed E-state index contributed by atoms with van der Waals surface area (Å²) >= 11 is 6.54. The van der Waals surface area contributed by atoms with Crippen LogP contribution in [0.2, 0.25) is 5.02 Å². The minimum atomic E-state index is -0.590. The van der Waals surface area contributed by atoms with E-state index >= 15 is 4.39 Å². The monoisotopic (exact) mass is 581 g/mol. The zero-order chi connectivity index (χ0) is 29.3. The third kappa shape index (κ3) is 6.03. The van der Waals surface area contributed by atoms with Gasteiger partial charge in [-0.3, -0.25) is 4.98 Å². The first kappa shape index (κ1) is 29.2. The van der Waals surface area contributed by atoms with E-state index in [0.717, 1.165) is 52.4 Å². The quantitative estimate of drug-likeness (QED) is 0.278. The molecule has 1 aliphatic heterocycles. The Hall–Kier alpha value is -3.27. The summed E-state index contributed by atoms with van der Waals surface area (Å²) < 4.78 is 22.6. The molecule has 0 amide bonds. The van der Waals surface area contributed by atoms with E-state index in [-0.39, 0.29) is 28.4 Å². The van der Waals surface area contributed by atoms with Gasteiger partial charge < -0.3 is 24.7 Å². The SMILES string of the molecule is CC1CCCN(c2nc(OCC3(CN(C)C)CC3)nc3c(F)c(-c4cc(O)cc5cccc(Cl)c45)ncc23)C1.CO. The first-order valence-corrected chi connectivity index (χ1v) is 14.4. The van der Waals surface area contributed by atoms with Gasteiger partial charge in [0, 0.05) is 54.3 Å². The lowest BCUT2D eigenvalue weighted by Gasteiger charge is -2.32.